The highest BCUT2D eigenvalue weighted by Crippen LogP contribution is 2.14. The van der Waals surface area contributed by atoms with E-state index in [1.165, 1.54) is 5.56 Å². The number of nitrogens with zero attached hydrogens (tertiary/aromatic N) is 2. The molecule has 3 rings (SSSR count). The van der Waals surface area contributed by atoms with Crippen LogP contribution < -0.4 is 10.6 Å². The molecule has 116 valence electrons. The molecular formula is C17H16N4OS. The minimum Gasteiger partial charge on any atom is -0.353 e. The Bertz CT molecular complexity index is 801. The van der Waals surface area contributed by atoms with E-state index >= 15 is 0 Å². The molecule has 2 aromatic carbocycles. The Kier molecular flexibility index (Phi) is 4.63. The second-order valence-electron chi connectivity index (χ2n) is 5.05. The molecule has 6 heteroatoms. The zero-order valence-corrected chi connectivity index (χ0v) is 13.4. The summed E-state index contributed by atoms with van der Waals surface area (Å²) in [6, 6.07) is 17.7. The van der Waals surface area contributed by atoms with Gasteiger partial charge in [-0.1, -0.05) is 47.6 Å². The smallest absolute Gasteiger partial charge is 0.246 e. The molecule has 0 aliphatic rings. The largest absolute Gasteiger partial charge is 0.353 e. The first kappa shape index (κ1) is 15.2. The van der Waals surface area contributed by atoms with Crippen molar-refractivity contribution in [3.8, 4) is 11.4 Å². The van der Waals surface area contributed by atoms with Crippen LogP contribution in [0.15, 0.2) is 59.1 Å². The first-order chi connectivity index (χ1) is 11.2. The van der Waals surface area contributed by atoms with Crippen LogP contribution in [0.25, 0.3) is 11.4 Å². The summed E-state index contributed by atoms with van der Waals surface area (Å²) in [6.07, 6.45) is 0. The molecule has 0 aliphatic carbocycles. The van der Waals surface area contributed by atoms with Crippen molar-refractivity contribution in [1.29, 1.82) is 0 Å². The highest BCUT2D eigenvalue weighted by Gasteiger charge is 2.08. The van der Waals surface area contributed by atoms with E-state index in [9.17, 15) is 0 Å². The first-order valence-corrected chi connectivity index (χ1v) is 7.61. The number of rotatable bonds is 4. The van der Waals surface area contributed by atoms with Gasteiger partial charge in [0.25, 0.3) is 0 Å². The number of aromatic nitrogens is 2. The van der Waals surface area contributed by atoms with Gasteiger partial charge in [0.05, 0.1) is 6.54 Å². The summed E-state index contributed by atoms with van der Waals surface area (Å²) in [7, 11) is 0. The zero-order chi connectivity index (χ0) is 16.1. The molecule has 0 atom stereocenters. The second kappa shape index (κ2) is 7.02. The van der Waals surface area contributed by atoms with Gasteiger partial charge in [-0.15, -0.1) is 0 Å². The summed E-state index contributed by atoms with van der Waals surface area (Å²) in [4.78, 5) is 4.35. The van der Waals surface area contributed by atoms with Gasteiger partial charge in [-0.2, -0.15) is 4.98 Å². The molecule has 0 unspecified atom stereocenters. The van der Waals surface area contributed by atoms with Crippen LogP contribution in [0.3, 0.4) is 0 Å². The Morgan fingerprint density at radius 3 is 2.74 bits per heavy atom. The molecule has 0 bridgehead atoms. The maximum atomic E-state index is 5.27. The van der Waals surface area contributed by atoms with Gasteiger partial charge in [-0.3, -0.25) is 0 Å². The molecule has 0 fully saturated rings. The number of hydrogen-bond donors (Lipinski definition) is 2. The van der Waals surface area contributed by atoms with Gasteiger partial charge in [0.15, 0.2) is 5.11 Å². The van der Waals surface area contributed by atoms with Crippen molar-refractivity contribution in [3.05, 3.63) is 66.1 Å². The third-order valence-corrected chi connectivity index (χ3v) is 3.42. The molecule has 23 heavy (non-hydrogen) atoms. The van der Waals surface area contributed by atoms with Crippen LogP contribution in [0.1, 0.15) is 11.5 Å². The Hall–Kier alpha value is -2.73. The molecule has 0 aliphatic heterocycles. The third kappa shape index (κ3) is 4.14. The highest BCUT2D eigenvalue weighted by atomic mass is 32.1. The highest BCUT2D eigenvalue weighted by molar-refractivity contribution is 7.80. The van der Waals surface area contributed by atoms with Crippen molar-refractivity contribution in [1.82, 2.24) is 15.5 Å². The molecule has 2 N–H and O–H groups in total. The lowest BCUT2D eigenvalue weighted by Gasteiger charge is -2.09. The van der Waals surface area contributed by atoms with Crippen LogP contribution in [-0.4, -0.2) is 15.3 Å². The van der Waals surface area contributed by atoms with Crippen LogP contribution >= 0.6 is 12.2 Å². The maximum absolute atomic E-state index is 5.27. The lowest BCUT2D eigenvalue weighted by molar-refractivity contribution is 0.376. The van der Waals surface area contributed by atoms with Crippen molar-refractivity contribution < 1.29 is 4.52 Å². The monoisotopic (exact) mass is 324 g/mol. The van der Waals surface area contributed by atoms with Gasteiger partial charge in [-0.25, -0.2) is 0 Å². The summed E-state index contributed by atoms with van der Waals surface area (Å²) in [6.45, 7) is 2.41. The van der Waals surface area contributed by atoms with Crippen LogP contribution in [0, 0.1) is 6.92 Å². The SMILES string of the molecule is Cc1cccc(NC(=S)NCc2nc(-c3ccccc3)no2)c1. The quantitative estimate of drug-likeness (QED) is 0.716. The molecule has 1 aromatic heterocycles. The number of hydrogen-bond acceptors (Lipinski definition) is 4. The minimum absolute atomic E-state index is 0.373. The maximum Gasteiger partial charge on any atom is 0.246 e. The van der Waals surface area contributed by atoms with Gasteiger partial charge in [0.2, 0.25) is 11.7 Å². The van der Waals surface area contributed by atoms with Gasteiger partial charge < -0.3 is 15.2 Å². The Labute approximate surface area is 139 Å². The summed E-state index contributed by atoms with van der Waals surface area (Å²) in [5.41, 5.74) is 3.03. The summed E-state index contributed by atoms with van der Waals surface area (Å²) in [5.74, 6) is 1.05. The molecule has 3 aromatic rings. The number of aryl methyl sites for hydroxylation is 1. The summed E-state index contributed by atoms with van der Waals surface area (Å²) < 4.78 is 5.23. The molecule has 1 heterocycles. The fourth-order valence-electron chi connectivity index (χ4n) is 2.09. The lowest BCUT2D eigenvalue weighted by Crippen LogP contribution is -2.28. The first-order valence-electron chi connectivity index (χ1n) is 7.20. The molecule has 5 nitrogen and oxygen atoms in total. The number of nitrogens with one attached hydrogen (secondary N) is 2. The van der Waals surface area contributed by atoms with E-state index in [4.69, 9.17) is 16.7 Å². The van der Waals surface area contributed by atoms with Crippen LogP contribution in [0.2, 0.25) is 0 Å². The summed E-state index contributed by atoms with van der Waals surface area (Å²) >= 11 is 5.27. The average Bonchev–Trinajstić information content (AvgIpc) is 3.03. The Balaban J connectivity index is 1.56. The zero-order valence-electron chi connectivity index (χ0n) is 12.6. The lowest BCUT2D eigenvalue weighted by atomic mass is 10.2. The van der Waals surface area contributed by atoms with Gasteiger partial charge in [0, 0.05) is 11.3 Å². The van der Waals surface area contributed by atoms with E-state index in [2.05, 4.69) is 20.8 Å². The standard InChI is InChI=1S/C17H16N4OS/c1-12-6-5-9-14(10-12)19-17(23)18-11-15-20-16(21-22-15)13-7-3-2-4-8-13/h2-10H,11H2,1H3,(H2,18,19,23). The third-order valence-electron chi connectivity index (χ3n) is 3.18. The number of anilines is 1. The van der Waals surface area contributed by atoms with Crippen LogP contribution in [0.4, 0.5) is 5.69 Å². The van der Waals surface area contributed by atoms with E-state index in [0.29, 0.717) is 23.4 Å². The van der Waals surface area contributed by atoms with Crippen molar-refractivity contribution in [3.63, 3.8) is 0 Å². The van der Waals surface area contributed by atoms with Gasteiger partial charge in [0.1, 0.15) is 0 Å². The number of benzene rings is 2. The second-order valence-corrected chi connectivity index (χ2v) is 5.46. The normalized spacial score (nSPS) is 10.3. The van der Waals surface area contributed by atoms with E-state index in [0.717, 1.165) is 11.3 Å². The van der Waals surface area contributed by atoms with Gasteiger partial charge in [-0.05, 0) is 36.8 Å². The topological polar surface area (TPSA) is 63.0 Å². The van der Waals surface area contributed by atoms with Crippen LogP contribution in [-0.2, 0) is 6.54 Å². The van der Waals surface area contributed by atoms with Gasteiger partial charge >= 0.3 is 0 Å². The molecule has 0 saturated carbocycles. The fraction of sp³-hybridized carbons (Fsp3) is 0.118. The van der Waals surface area contributed by atoms with E-state index in [-0.39, 0.29) is 0 Å². The van der Waals surface area contributed by atoms with Crippen molar-refractivity contribution >= 4 is 23.0 Å². The Morgan fingerprint density at radius 1 is 1.13 bits per heavy atom. The van der Waals surface area contributed by atoms with E-state index < -0.39 is 0 Å². The predicted octanol–water partition coefficient (Wildman–Crippen LogP) is 3.53. The molecular weight excluding hydrogens is 308 g/mol. The molecule has 0 spiro atoms. The Morgan fingerprint density at radius 2 is 1.96 bits per heavy atom. The predicted molar refractivity (Wildman–Crippen MR) is 94.0 cm³/mol. The van der Waals surface area contributed by atoms with Crippen LogP contribution in [0.5, 0.6) is 0 Å². The minimum atomic E-state index is 0.373. The van der Waals surface area contributed by atoms with Crippen molar-refractivity contribution in [2.24, 2.45) is 0 Å². The van der Waals surface area contributed by atoms with Crippen molar-refractivity contribution in [2.45, 2.75) is 13.5 Å². The van der Waals surface area contributed by atoms with E-state index in [1.54, 1.807) is 0 Å². The molecule has 0 radical (unpaired) electrons. The average molecular weight is 324 g/mol. The fourth-order valence-corrected chi connectivity index (χ4v) is 2.28. The number of thiocarbonyl (C=S) groups is 1. The summed E-state index contributed by atoms with van der Waals surface area (Å²) in [5, 5.41) is 10.7. The van der Waals surface area contributed by atoms with Crippen molar-refractivity contribution in [2.75, 3.05) is 5.32 Å². The molecule has 0 amide bonds. The van der Waals surface area contributed by atoms with E-state index in [1.807, 2.05) is 61.5 Å². The molecule has 0 saturated heterocycles.